The van der Waals surface area contributed by atoms with Gasteiger partial charge in [-0.05, 0) is 7.05 Å². The Morgan fingerprint density at radius 1 is 1.27 bits per heavy atom. The first-order chi connectivity index (χ1) is 5.91. The van der Waals surface area contributed by atoms with Gasteiger partial charge < -0.3 is 20.5 Å². The first-order valence-corrected chi connectivity index (χ1v) is 3.86. The quantitative estimate of drug-likeness (QED) is 0.437. The Balaban J connectivity index is 2.73. The predicted molar refractivity (Wildman–Crippen MR) is 44.6 cm³/mol. The zero-order valence-corrected chi connectivity index (χ0v) is 7.06. The third-order valence-corrected chi connectivity index (χ3v) is 1.11. The van der Waals surface area contributed by atoms with E-state index in [2.05, 4.69) is 11.0 Å². The lowest BCUT2D eigenvalue weighted by Gasteiger charge is -2.03. The Morgan fingerprint density at radius 3 is 2.64 bits per heavy atom. The fraction of sp³-hybridized carbons (Fsp3) is 1.00. The van der Waals surface area contributed by atoms with Crippen molar-refractivity contribution in [3.63, 3.8) is 0 Å². The van der Waals surface area contributed by atoms with Gasteiger partial charge in [0.1, 0.15) is 1.41 Å². The second kappa shape index (κ2) is 9.84. The summed E-state index contributed by atoms with van der Waals surface area (Å²) in [5, 5.41) is 2.98. The number of hydrogen-bond acceptors (Lipinski definition) is 4. The van der Waals surface area contributed by atoms with Crippen molar-refractivity contribution in [2.75, 3.05) is 46.6 Å². The molecule has 0 fully saturated rings. The van der Waals surface area contributed by atoms with Crippen LogP contribution in [0.5, 0.6) is 0 Å². The molecule has 0 saturated heterocycles. The molecule has 4 nitrogen and oxygen atoms in total. The van der Waals surface area contributed by atoms with E-state index in [1.807, 2.05) is 7.05 Å². The number of nitrogens with two attached hydrogens (primary N) is 1. The van der Waals surface area contributed by atoms with Gasteiger partial charge >= 0.3 is 0 Å². The number of ether oxygens (including phenoxy) is 2. The lowest BCUT2D eigenvalue weighted by molar-refractivity contribution is 0.0523. The SMILES string of the molecule is [2H]NCCOCCOCCNC. The molecule has 0 heterocycles. The Morgan fingerprint density at radius 2 is 2.00 bits per heavy atom. The smallest absolute Gasteiger partial charge is 0.118 e. The van der Waals surface area contributed by atoms with Gasteiger partial charge in [-0.3, -0.25) is 0 Å². The standard InChI is InChI=1S/C7H18N2O2/c1-9-3-5-11-7-6-10-4-2-8/h9H,2-8H2,1H3/i/hD. The molecular formula is C7H18N2O2. The molecule has 0 radical (unpaired) electrons. The number of rotatable bonds is 9. The minimum atomic E-state index is 0.566. The van der Waals surface area contributed by atoms with E-state index in [4.69, 9.17) is 10.9 Å². The van der Waals surface area contributed by atoms with Crippen LogP contribution in [-0.4, -0.2) is 46.6 Å². The van der Waals surface area contributed by atoms with Crippen molar-refractivity contribution in [1.82, 2.24) is 5.32 Å². The first-order valence-electron chi connectivity index (χ1n) is 4.36. The van der Waals surface area contributed by atoms with Crippen LogP contribution in [0.25, 0.3) is 0 Å². The molecule has 0 aromatic rings. The highest BCUT2D eigenvalue weighted by Gasteiger charge is 1.87. The summed E-state index contributed by atoms with van der Waals surface area (Å²) in [5.41, 5.74) is 2.25. The molecular weight excluding hydrogens is 144 g/mol. The highest BCUT2D eigenvalue weighted by molar-refractivity contribution is 4.36. The molecule has 4 heteroatoms. The minimum absolute atomic E-state index is 0.566. The Bertz CT molecular complexity index is 75.8. The van der Waals surface area contributed by atoms with Crippen molar-refractivity contribution >= 4 is 0 Å². The van der Waals surface area contributed by atoms with E-state index in [1.54, 1.807) is 0 Å². The summed E-state index contributed by atoms with van der Waals surface area (Å²) < 4.78 is 16.9. The van der Waals surface area contributed by atoms with Crippen LogP contribution in [0.3, 0.4) is 0 Å². The van der Waals surface area contributed by atoms with E-state index in [0.29, 0.717) is 26.4 Å². The third kappa shape index (κ3) is 9.84. The molecule has 0 aromatic heterocycles. The van der Waals surface area contributed by atoms with Gasteiger partial charge in [0.2, 0.25) is 0 Å². The molecule has 0 aliphatic carbocycles. The number of nitrogens with one attached hydrogen (secondary N) is 1. The van der Waals surface area contributed by atoms with Gasteiger partial charge in [0.15, 0.2) is 0 Å². The molecule has 0 rings (SSSR count). The normalized spacial score (nSPS) is 11.5. The minimum Gasteiger partial charge on any atom is -0.378 e. The van der Waals surface area contributed by atoms with Crippen LogP contribution in [0, 0.1) is 0 Å². The monoisotopic (exact) mass is 163 g/mol. The van der Waals surface area contributed by atoms with Gasteiger partial charge in [0.25, 0.3) is 0 Å². The first kappa shape index (κ1) is 8.93. The van der Waals surface area contributed by atoms with Crippen molar-refractivity contribution in [2.45, 2.75) is 0 Å². The second-order valence-corrected chi connectivity index (χ2v) is 2.08. The maximum atomic E-state index is 6.60. The van der Waals surface area contributed by atoms with Crippen LogP contribution in [0.2, 0.25) is 1.41 Å². The molecule has 0 saturated carbocycles. The summed E-state index contributed by atoms with van der Waals surface area (Å²) in [7, 11) is 1.89. The maximum absolute atomic E-state index is 6.60. The summed E-state index contributed by atoms with van der Waals surface area (Å²) in [4.78, 5) is 0. The number of likely N-dealkylation sites (N-methyl/N-ethyl adjacent to an activating group) is 1. The van der Waals surface area contributed by atoms with Gasteiger partial charge in [-0.25, -0.2) is 0 Å². The molecule has 0 spiro atoms. The van der Waals surface area contributed by atoms with Crippen molar-refractivity contribution in [3.8, 4) is 0 Å². The lowest BCUT2D eigenvalue weighted by atomic mass is 10.6. The average Bonchev–Trinajstić information content (AvgIpc) is 2.10. The van der Waals surface area contributed by atoms with E-state index < -0.39 is 0 Å². The molecule has 0 aromatic carbocycles. The average molecular weight is 163 g/mol. The molecule has 0 unspecified atom stereocenters. The van der Waals surface area contributed by atoms with Gasteiger partial charge in [0.05, 0.1) is 26.4 Å². The van der Waals surface area contributed by atoms with E-state index >= 15 is 0 Å². The molecule has 68 valence electrons. The maximum Gasteiger partial charge on any atom is 0.118 e. The van der Waals surface area contributed by atoms with Crippen molar-refractivity contribution < 1.29 is 10.9 Å². The van der Waals surface area contributed by atoms with E-state index in [9.17, 15) is 0 Å². The van der Waals surface area contributed by atoms with Crippen LogP contribution in [0.4, 0.5) is 0 Å². The van der Waals surface area contributed by atoms with Gasteiger partial charge in [-0.15, -0.1) is 0 Å². The van der Waals surface area contributed by atoms with E-state index in [1.165, 1.54) is 0 Å². The van der Waals surface area contributed by atoms with Crippen molar-refractivity contribution in [1.29, 1.82) is 0 Å². The Labute approximate surface area is 69.5 Å². The fourth-order valence-electron chi connectivity index (χ4n) is 0.568. The van der Waals surface area contributed by atoms with Crippen LogP contribution in [-0.2, 0) is 9.47 Å². The van der Waals surface area contributed by atoms with Crippen LogP contribution in [0.1, 0.15) is 0 Å². The molecule has 0 aliphatic heterocycles. The molecule has 11 heavy (non-hydrogen) atoms. The number of hydrogen-bond donors (Lipinski definition) is 2. The van der Waals surface area contributed by atoms with E-state index in [-0.39, 0.29) is 0 Å². The van der Waals surface area contributed by atoms with Crippen LogP contribution in [0.15, 0.2) is 0 Å². The van der Waals surface area contributed by atoms with Gasteiger partial charge in [-0.2, -0.15) is 0 Å². The Hall–Kier alpha value is -0.160. The van der Waals surface area contributed by atoms with Crippen LogP contribution >= 0.6 is 0 Å². The zero-order chi connectivity index (χ0) is 9.07. The Kier molecular flexibility index (Phi) is 7.99. The molecule has 0 aliphatic rings. The highest BCUT2D eigenvalue weighted by Crippen LogP contribution is 1.76. The lowest BCUT2D eigenvalue weighted by Crippen LogP contribution is -2.17. The largest absolute Gasteiger partial charge is 0.378 e. The highest BCUT2D eigenvalue weighted by atomic mass is 16.5. The summed E-state index contributed by atoms with van der Waals surface area (Å²) >= 11 is 0. The topological polar surface area (TPSA) is 56.5 Å². The van der Waals surface area contributed by atoms with Gasteiger partial charge in [0, 0.05) is 13.1 Å². The van der Waals surface area contributed by atoms with E-state index in [0.717, 1.165) is 13.2 Å². The molecule has 0 atom stereocenters. The summed E-state index contributed by atoms with van der Waals surface area (Å²) in [6.45, 7) is 3.95. The predicted octanol–water partition coefficient (Wildman–Crippen LogP) is -0.802. The second-order valence-electron chi connectivity index (χ2n) is 2.08. The molecule has 3 N–H and O–H groups in total. The summed E-state index contributed by atoms with van der Waals surface area (Å²) in [6, 6.07) is 0. The van der Waals surface area contributed by atoms with Crippen LogP contribution < -0.4 is 11.0 Å². The van der Waals surface area contributed by atoms with Crippen molar-refractivity contribution in [3.05, 3.63) is 0 Å². The molecule has 0 amide bonds. The third-order valence-electron chi connectivity index (χ3n) is 1.11. The van der Waals surface area contributed by atoms with Gasteiger partial charge in [-0.1, -0.05) is 0 Å². The zero-order valence-electron chi connectivity index (χ0n) is 8.06. The molecule has 0 bridgehead atoms. The van der Waals surface area contributed by atoms with Crippen molar-refractivity contribution in [2.24, 2.45) is 5.73 Å². The fourth-order valence-corrected chi connectivity index (χ4v) is 0.568. The summed E-state index contributed by atoms with van der Waals surface area (Å²) in [5.74, 6) is 0. The summed E-state index contributed by atoms with van der Waals surface area (Å²) in [6.07, 6.45) is 0.